The molecule has 1 amide bonds. The smallest absolute Gasteiger partial charge is 0.220 e. The summed E-state index contributed by atoms with van der Waals surface area (Å²) in [4.78, 5) is 11.9. The van der Waals surface area contributed by atoms with Crippen molar-refractivity contribution in [2.24, 2.45) is 0 Å². The van der Waals surface area contributed by atoms with Gasteiger partial charge in [-0.05, 0) is 49.8 Å². The van der Waals surface area contributed by atoms with E-state index >= 15 is 0 Å². The van der Waals surface area contributed by atoms with Gasteiger partial charge in [-0.15, -0.1) is 0 Å². The van der Waals surface area contributed by atoms with Crippen LogP contribution in [-0.4, -0.2) is 13.0 Å². The van der Waals surface area contributed by atoms with Crippen LogP contribution in [0.1, 0.15) is 89.5 Å². The van der Waals surface area contributed by atoms with E-state index in [2.05, 4.69) is 24.4 Å². The van der Waals surface area contributed by atoms with Gasteiger partial charge < -0.3 is 10.1 Å². The van der Waals surface area contributed by atoms with Crippen molar-refractivity contribution in [1.29, 1.82) is 0 Å². The van der Waals surface area contributed by atoms with Crippen LogP contribution in [0.2, 0.25) is 0 Å². The first-order valence-electron chi connectivity index (χ1n) is 10.8. The molecular formula is C24H39NO2. The zero-order chi connectivity index (χ0) is 19.6. The summed E-state index contributed by atoms with van der Waals surface area (Å²) in [7, 11) is 1.66. The predicted molar refractivity (Wildman–Crippen MR) is 115 cm³/mol. The topological polar surface area (TPSA) is 38.3 Å². The average molecular weight is 374 g/mol. The van der Waals surface area contributed by atoms with Gasteiger partial charge in [0, 0.05) is 13.0 Å². The second kappa shape index (κ2) is 16.4. The van der Waals surface area contributed by atoms with E-state index in [9.17, 15) is 4.79 Å². The van der Waals surface area contributed by atoms with Gasteiger partial charge in [0.15, 0.2) is 0 Å². The number of methoxy groups -OCH3 is 1. The fourth-order valence-corrected chi connectivity index (χ4v) is 3.07. The molecule has 0 saturated carbocycles. The van der Waals surface area contributed by atoms with Crippen LogP contribution < -0.4 is 10.1 Å². The van der Waals surface area contributed by atoms with Crippen LogP contribution in [0.15, 0.2) is 36.4 Å². The first-order valence-corrected chi connectivity index (χ1v) is 10.8. The van der Waals surface area contributed by atoms with Crippen LogP contribution >= 0.6 is 0 Å². The first-order chi connectivity index (χ1) is 13.3. The number of allylic oxidation sites excluding steroid dienone is 2. The third-order valence-electron chi connectivity index (χ3n) is 4.79. The fourth-order valence-electron chi connectivity index (χ4n) is 3.07. The molecule has 3 nitrogen and oxygen atoms in total. The van der Waals surface area contributed by atoms with Crippen LogP contribution in [-0.2, 0) is 11.3 Å². The van der Waals surface area contributed by atoms with Gasteiger partial charge in [-0.2, -0.15) is 0 Å². The van der Waals surface area contributed by atoms with Crippen LogP contribution in [0.25, 0.3) is 0 Å². The number of carbonyl (C=O) groups is 1. The standard InChI is InChI=1S/C24H39NO2/c1-3-4-5-6-7-8-9-10-11-12-13-14-15-19-24(26)25-21-22-17-16-18-23(20-22)27-2/h8-9,16-18,20H,3-7,10-15,19,21H2,1-2H3,(H,25,26)/b9-8-. The summed E-state index contributed by atoms with van der Waals surface area (Å²) in [6, 6.07) is 7.82. The second-order valence-electron chi connectivity index (χ2n) is 7.26. The van der Waals surface area contributed by atoms with Gasteiger partial charge in [-0.1, -0.05) is 69.7 Å². The van der Waals surface area contributed by atoms with Gasteiger partial charge in [-0.25, -0.2) is 0 Å². The van der Waals surface area contributed by atoms with Crippen molar-refractivity contribution >= 4 is 5.91 Å². The molecule has 0 radical (unpaired) electrons. The van der Waals surface area contributed by atoms with Gasteiger partial charge in [0.2, 0.25) is 5.91 Å². The largest absolute Gasteiger partial charge is 0.497 e. The van der Waals surface area contributed by atoms with Crippen LogP contribution in [0.4, 0.5) is 0 Å². The van der Waals surface area contributed by atoms with E-state index in [1.54, 1.807) is 7.11 Å². The lowest BCUT2D eigenvalue weighted by Crippen LogP contribution is -2.22. The van der Waals surface area contributed by atoms with E-state index in [1.165, 1.54) is 57.8 Å². The summed E-state index contributed by atoms with van der Waals surface area (Å²) < 4.78 is 5.20. The van der Waals surface area contributed by atoms with Crippen molar-refractivity contribution in [1.82, 2.24) is 5.32 Å². The minimum Gasteiger partial charge on any atom is -0.497 e. The molecular weight excluding hydrogens is 334 g/mol. The highest BCUT2D eigenvalue weighted by Gasteiger charge is 2.02. The molecule has 0 aliphatic rings. The van der Waals surface area contributed by atoms with E-state index in [-0.39, 0.29) is 5.91 Å². The number of unbranched alkanes of at least 4 members (excludes halogenated alkanes) is 9. The summed E-state index contributed by atoms with van der Waals surface area (Å²) in [5, 5.41) is 2.99. The lowest BCUT2D eigenvalue weighted by atomic mass is 10.1. The molecule has 27 heavy (non-hydrogen) atoms. The SMILES string of the molecule is CCCCCC/C=C\CCCCCCCC(=O)NCc1cccc(OC)c1. The minimum atomic E-state index is 0.142. The van der Waals surface area contributed by atoms with Crippen molar-refractivity contribution < 1.29 is 9.53 Å². The lowest BCUT2D eigenvalue weighted by molar-refractivity contribution is -0.121. The third kappa shape index (κ3) is 13.1. The number of hydrogen-bond donors (Lipinski definition) is 1. The summed E-state index contributed by atoms with van der Waals surface area (Å²) >= 11 is 0. The number of amides is 1. The van der Waals surface area contributed by atoms with Gasteiger partial charge in [0.25, 0.3) is 0 Å². The molecule has 0 spiro atoms. The molecule has 1 aromatic rings. The minimum absolute atomic E-state index is 0.142. The van der Waals surface area contributed by atoms with E-state index in [0.717, 1.165) is 24.2 Å². The van der Waals surface area contributed by atoms with Crippen LogP contribution in [0, 0.1) is 0 Å². The summed E-state index contributed by atoms with van der Waals surface area (Å²) in [5.74, 6) is 0.969. The van der Waals surface area contributed by atoms with Gasteiger partial charge >= 0.3 is 0 Å². The molecule has 3 heteroatoms. The van der Waals surface area contributed by atoms with Gasteiger partial charge in [0.05, 0.1) is 7.11 Å². The first kappa shape index (κ1) is 23.3. The fraction of sp³-hybridized carbons (Fsp3) is 0.625. The molecule has 0 fully saturated rings. The summed E-state index contributed by atoms with van der Waals surface area (Å²) in [5.41, 5.74) is 1.07. The summed E-state index contributed by atoms with van der Waals surface area (Å²) in [6.45, 7) is 2.82. The molecule has 0 heterocycles. The molecule has 1 N–H and O–H groups in total. The molecule has 0 aliphatic heterocycles. The van der Waals surface area contributed by atoms with Crippen LogP contribution in [0.3, 0.4) is 0 Å². The maximum Gasteiger partial charge on any atom is 0.220 e. The number of benzene rings is 1. The predicted octanol–water partition coefficient (Wildman–Crippen LogP) is 6.57. The molecule has 152 valence electrons. The molecule has 0 atom stereocenters. The number of ether oxygens (including phenoxy) is 1. The third-order valence-corrected chi connectivity index (χ3v) is 4.79. The summed E-state index contributed by atoms with van der Waals surface area (Å²) in [6.07, 6.45) is 19.1. The number of nitrogens with one attached hydrogen (secondary N) is 1. The van der Waals surface area contributed by atoms with Crippen molar-refractivity contribution in [3.05, 3.63) is 42.0 Å². The normalized spacial score (nSPS) is 11.0. The molecule has 0 bridgehead atoms. The molecule has 0 aromatic heterocycles. The zero-order valence-electron chi connectivity index (χ0n) is 17.5. The Balaban J connectivity index is 1.92. The Labute approximate surface area is 166 Å². The highest BCUT2D eigenvalue weighted by Crippen LogP contribution is 2.12. The molecule has 0 aliphatic carbocycles. The molecule has 1 aromatic carbocycles. The van der Waals surface area contributed by atoms with E-state index < -0.39 is 0 Å². The maximum absolute atomic E-state index is 11.9. The highest BCUT2D eigenvalue weighted by molar-refractivity contribution is 5.75. The van der Waals surface area contributed by atoms with E-state index in [1.807, 2.05) is 24.3 Å². The van der Waals surface area contributed by atoms with E-state index in [0.29, 0.717) is 13.0 Å². The van der Waals surface area contributed by atoms with Gasteiger partial charge in [-0.3, -0.25) is 4.79 Å². The Bertz CT molecular complexity index is 525. The molecule has 0 unspecified atom stereocenters. The molecule has 1 rings (SSSR count). The Morgan fingerprint density at radius 3 is 2.33 bits per heavy atom. The second-order valence-corrected chi connectivity index (χ2v) is 7.26. The number of hydrogen-bond acceptors (Lipinski definition) is 2. The number of carbonyl (C=O) groups excluding carboxylic acids is 1. The Morgan fingerprint density at radius 1 is 0.963 bits per heavy atom. The molecule has 0 saturated heterocycles. The Kier molecular flexibility index (Phi) is 14.1. The average Bonchev–Trinajstić information content (AvgIpc) is 2.70. The maximum atomic E-state index is 11.9. The lowest BCUT2D eigenvalue weighted by Gasteiger charge is -2.07. The van der Waals surface area contributed by atoms with Gasteiger partial charge in [0.1, 0.15) is 5.75 Å². The highest BCUT2D eigenvalue weighted by atomic mass is 16.5. The van der Waals surface area contributed by atoms with E-state index in [4.69, 9.17) is 4.74 Å². The van der Waals surface area contributed by atoms with Crippen molar-refractivity contribution in [3.8, 4) is 5.75 Å². The number of rotatable bonds is 16. The quantitative estimate of drug-likeness (QED) is 0.263. The Hall–Kier alpha value is -1.77. The Morgan fingerprint density at radius 2 is 1.63 bits per heavy atom. The van der Waals surface area contributed by atoms with Crippen molar-refractivity contribution in [2.45, 2.75) is 90.5 Å². The van der Waals surface area contributed by atoms with Crippen LogP contribution in [0.5, 0.6) is 5.75 Å². The zero-order valence-corrected chi connectivity index (χ0v) is 17.5. The monoisotopic (exact) mass is 373 g/mol. The van der Waals surface area contributed by atoms with Crippen molar-refractivity contribution in [3.63, 3.8) is 0 Å². The van der Waals surface area contributed by atoms with Crippen molar-refractivity contribution in [2.75, 3.05) is 7.11 Å².